The van der Waals surface area contributed by atoms with Gasteiger partial charge in [-0.3, -0.25) is 0 Å². The number of imidazole rings is 1. The van der Waals surface area contributed by atoms with Gasteiger partial charge in [0.2, 0.25) is 0 Å². The number of hydrogen-bond acceptors (Lipinski definition) is 3. The lowest BCUT2D eigenvalue weighted by Gasteiger charge is -2.41. The van der Waals surface area contributed by atoms with Crippen molar-refractivity contribution < 1.29 is 9.84 Å². The Labute approximate surface area is 126 Å². The zero-order chi connectivity index (χ0) is 14.0. The summed E-state index contributed by atoms with van der Waals surface area (Å²) < 4.78 is 8.37. The smallest absolute Gasteiger partial charge is 0.114 e. The average Bonchev–Trinajstić information content (AvgIpc) is 2.65. The van der Waals surface area contributed by atoms with Crippen LogP contribution in [-0.2, 0) is 4.74 Å². The van der Waals surface area contributed by atoms with Gasteiger partial charge in [-0.25, -0.2) is 4.98 Å². The van der Waals surface area contributed by atoms with Crippen LogP contribution in [0.25, 0.3) is 12.7 Å². The lowest BCUT2D eigenvalue weighted by Crippen LogP contribution is -2.45. The molecule has 0 saturated heterocycles. The molecule has 19 heavy (non-hydrogen) atoms. The molecule has 0 bridgehead atoms. The molecule has 1 aliphatic carbocycles. The predicted molar refractivity (Wildman–Crippen MR) is 84.3 cm³/mol. The summed E-state index contributed by atoms with van der Waals surface area (Å²) in [6.45, 7) is 10.4. The van der Waals surface area contributed by atoms with E-state index in [1.807, 2.05) is 17.6 Å². The van der Waals surface area contributed by atoms with Gasteiger partial charge in [-0.15, -0.1) is 0 Å². The number of alkyl halides is 1. The van der Waals surface area contributed by atoms with E-state index < -0.39 is 5.60 Å². The second-order valence-corrected chi connectivity index (χ2v) is 6.27. The maximum absolute atomic E-state index is 9.79. The first-order valence-corrected chi connectivity index (χ1v) is 7.79. The van der Waals surface area contributed by atoms with E-state index >= 15 is 0 Å². The highest BCUT2D eigenvalue weighted by atomic mass is 127. The van der Waals surface area contributed by atoms with Crippen LogP contribution in [0.2, 0.25) is 0 Å². The average molecular weight is 374 g/mol. The molecule has 0 aliphatic heterocycles. The van der Waals surface area contributed by atoms with Gasteiger partial charge in [0.05, 0.1) is 29.2 Å². The van der Waals surface area contributed by atoms with Crippen LogP contribution in [0.4, 0.5) is 0 Å². The van der Waals surface area contributed by atoms with Crippen molar-refractivity contribution in [2.75, 3.05) is 11.0 Å². The molecule has 0 amide bonds. The van der Waals surface area contributed by atoms with Crippen molar-refractivity contribution in [3.05, 3.63) is 29.4 Å². The van der Waals surface area contributed by atoms with Gasteiger partial charge in [0.1, 0.15) is 5.76 Å². The fourth-order valence-corrected chi connectivity index (χ4v) is 2.57. The first kappa shape index (κ1) is 14.6. The molecule has 0 unspecified atom stereocenters. The van der Waals surface area contributed by atoms with E-state index in [4.69, 9.17) is 4.74 Å². The molecule has 0 spiro atoms. The molecule has 1 aromatic heterocycles. The molecular weight excluding hydrogens is 355 g/mol. The van der Waals surface area contributed by atoms with Gasteiger partial charge in [-0.2, -0.15) is 0 Å². The predicted octanol–water partition coefficient (Wildman–Crippen LogP) is 1.13. The fraction of sp³-hybridized carbons (Fsp3) is 0.500. The van der Waals surface area contributed by atoms with E-state index in [0.29, 0.717) is 18.4 Å². The van der Waals surface area contributed by atoms with E-state index in [0.717, 1.165) is 28.0 Å². The van der Waals surface area contributed by atoms with Crippen LogP contribution in [-0.4, -0.2) is 31.3 Å². The number of halogens is 1. The third kappa shape index (κ3) is 3.39. The number of hydrogen-bond donors (Lipinski definition) is 1. The van der Waals surface area contributed by atoms with E-state index in [1.165, 1.54) is 0 Å². The van der Waals surface area contributed by atoms with Crippen LogP contribution in [0.3, 0.4) is 0 Å². The Morgan fingerprint density at radius 3 is 3.00 bits per heavy atom. The molecule has 1 fully saturated rings. The molecule has 104 valence electrons. The first-order chi connectivity index (χ1) is 8.93. The standard InChI is InChI=1S/C14H19IN2O2/c1-10(19-5-4-15)6-13-11(2)17(9-16-13)12-7-14(3,18)8-12/h6,9,12,18H,1-2,4-5,7-8H2,3H3/b13-6+. The summed E-state index contributed by atoms with van der Waals surface area (Å²) in [4.78, 5) is 4.34. The van der Waals surface area contributed by atoms with Crippen LogP contribution >= 0.6 is 22.6 Å². The van der Waals surface area contributed by atoms with Crippen LogP contribution in [0, 0.1) is 0 Å². The van der Waals surface area contributed by atoms with Crippen LogP contribution in [0.15, 0.2) is 18.7 Å². The summed E-state index contributed by atoms with van der Waals surface area (Å²) in [5.41, 5.74) is -0.543. The third-order valence-corrected chi connectivity index (χ3v) is 3.78. The number of allylic oxidation sites excluding steroid dienone is 1. The lowest BCUT2D eigenvalue weighted by atomic mass is 9.77. The molecule has 1 aliphatic rings. The summed E-state index contributed by atoms with van der Waals surface area (Å²) >= 11 is 2.25. The highest BCUT2D eigenvalue weighted by Gasteiger charge is 2.39. The Morgan fingerprint density at radius 2 is 2.42 bits per heavy atom. The minimum atomic E-state index is -0.543. The molecule has 1 saturated carbocycles. The first-order valence-electron chi connectivity index (χ1n) is 6.26. The van der Waals surface area contributed by atoms with E-state index in [1.54, 1.807) is 6.33 Å². The Kier molecular flexibility index (Phi) is 4.35. The maximum atomic E-state index is 9.79. The summed E-state index contributed by atoms with van der Waals surface area (Å²) in [7, 11) is 0. The molecule has 1 N–H and O–H groups in total. The maximum Gasteiger partial charge on any atom is 0.114 e. The third-order valence-electron chi connectivity index (χ3n) is 3.34. The molecule has 0 radical (unpaired) electrons. The quantitative estimate of drug-likeness (QED) is 0.478. The van der Waals surface area contributed by atoms with Crippen LogP contribution < -0.4 is 10.7 Å². The largest absolute Gasteiger partial charge is 0.493 e. The van der Waals surface area contributed by atoms with Gasteiger partial charge in [-0.05, 0) is 19.8 Å². The summed E-state index contributed by atoms with van der Waals surface area (Å²) in [6, 6.07) is 0.292. The Bertz CT molecular complexity index is 569. The second kappa shape index (κ2) is 5.66. The van der Waals surface area contributed by atoms with Crippen molar-refractivity contribution in [2.45, 2.75) is 31.4 Å². The van der Waals surface area contributed by atoms with Gasteiger partial charge in [0, 0.05) is 16.5 Å². The fourth-order valence-electron chi connectivity index (χ4n) is 2.35. The second-order valence-electron chi connectivity index (χ2n) is 5.19. The van der Waals surface area contributed by atoms with Gasteiger partial charge >= 0.3 is 0 Å². The minimum absolute atomic E-state index is 0.292. The number of rotatable bonds is 5. The van der Waals surface area contributed by atoms with E-state index in [9.17, 15) is 5.11 Å². The van der Waals surface area contributed by atoms with E-state index in [-0.39, 0.29) is 0 Å². The molecule has 4 nitrogen and oxygen atoms in total. The molecule has 0 aromatic carbocycles. The topological polar surface area (TPSA) is 47.3 Å². The molecular formula is C14H19IN2O2. The van der Waals surface area contributed by atoms with Gasteiger partial charge < -0.3 is 14.4 Å². The van der Waals surface area contributed by atoms with Crippen molar-refractivity contribution in [1.29, 1.82) is 0 Å². The Morgan fingerprint density at radius 1 is 1.74 bits per heavy atom. The molecule has 1 heterocycles. The normalized spacial score (nSPS) is 27.1. The van der Waals surface area contributed by atoms with Crippen LogP contribution in [0.5, 0.6) is 0 Å². The summed E-state index contributed by atoms with van der Waals surface area (Å²) in [6.07, 6.45) is 5.08. The van der Waals surface area contributed by atoms with Crippen LogP contribution in [0.1, 0.15) is 25.8 Å². The molecule has 0 atom stereocenters. The summed E-state index contributed by atoms with van der Waals surface area (Å²) in [5, 5.41) is 11.4. The van der Waals surface area contributed by atoms with Crippen molar-refractivity contribution in [1.82, 2.24) is 9.55 Å². The molecule has 1 aromatic rings. The Hall–Kier alpha value is -0.820. The highest BCUT2D eigenvalue weighted by molar-refractivity contribution is 14.1. The van der Waals surface area contributed by atoms with Crippen molar-refractivity contribution in [3.8, 4) is 0 Å². The van der Waals surface area contributed by atoms with Crippen molar-refractivity contribution in [2.24, 2.45) is 0 Å². The van der Waals surface area contributed by atoms with E-state index in [2.05, 4.69) is 40.7 Å². The zero-order valence-electron chi connectivity index (χ0n) is 11.1. The van der Waals surface area contributed by atoms with Gasteiger partial charge in [-0.1, -0.05) is 35.7 Å². The Balaban J connectivity index is 2.13. The number of nitrogens with zero attached hydrogens (tertiary/aromatic N) is 2. The minimum Gasteiger partial charge on any atom is -0.493 e. The van der Waals surface area contributed by atoms with Gasteiger partial charge in [0.15, 0.2) is 0 Å². The number of ether oxygens (including phenoxy) is 1. The highest BCUT2D eigenvalue weighted by Crippen LogP contribution is 2.39. The SMILES string of the molecule is C=C(/C=c1/ncn(C2CC(C)(O)C2)c1=C)OCCI. The molecule has 5 heteroatoms. The lowest BCUT2D eigenvalue weighted by molar-refractivity contribution is -0.0516. The number of aliphatic hydroxyl groups is 1. The van der Waals surface area contributed by atoms with Crippen molar-refractivity contribution >= 4 is 35.2 Å². The monoisotopic (exact) mass is 374 g/mol. The molecule has 2 rings (SSSR count). The number of aromatic nitrogens is 2. The van der Waals surface area contributed by atoms with Crippen molar-refractivity contribution in [3.63, 3.8) is 0 Å². The summed E-state index contributed by atoms with van der Waals surface area (Å²) in [5.74, 6) is 0.604. The zero-order valence-corrected chi connectivity index (χ0v) is 13.3. The van der Waals surface area contributed by atoms with Gasteiger partial charge in [0.25, 0.3) is 0 Å².